The smallest absolute Gasteiger partial charge is 0.226 e. The van der Waals surface area contributed by atoms with E-state index in [1.807, 2.05) is 30.5 Å². The summed E-state index contributed by atoms with van der Waals surface area (Å²) in [6.45, 7) is 0.586. The van der Waals surface area contributed by atoms with Crippen molar-refractivity contribution in [2.75, 3.05) is 26.6 Å². The third-order valence-electron chi connectivity index (χ3n) is 4.19. The summed E-state index contributed by atoms with van der Waals surface area (Å²) in [6.07, 6.45) is 2.33. The van der Waals surface area contributed by atoms with Crippen LogP contribution in [0.1, 0.15) is 6.42 Å². The first-order valence-electron chi connectivity index (χ1n) is 8.28. The minimum absolute atomic E-state index is 0.0735. The molecule has 26 heavy (non-hydrogen) atoms. The van der Waals surface area contributed by atoms with Gasteiger partial charge in [0.05, 0.1) is 21.3 Å². The number of nitrogens with one attached hydrogen (secondary N) is 1. The summed E-state index contributed by atoms with van der Waals surface area (Å²) in [4.78, 5) is 12.3. The Bertz CT molecular complexity index is 895. The van der Waals surface area contributed by atoms with Crippen molar-refractivity contribution < 1.29 is 19.0 Å². The number of aromatic nitrogens is 1. The van der Waals surface area contributed by atoms with Crippen molar-refractivity contribution in [1.29, 1.82) is 0 Å². The summed E-state index contributed by atoms with van der Waals surface area (Å²) in [7, 11) is 4.80. The monoisotopic (exact) mass is 354 g/mol. The number of amides is 1. The summed E-state index contributed by atoms with van der Waals surface area (Å²) < 4.78 is 17.7. The van der Waals surface area contributed by atoms with Crippen molar-refractivity contribution in [2.24, 2.45) is 0 Å². The number of carbonyl (C=O) groups excluding carboxylic acids is 1. The van der Waals surface area contributed by atoms with Crippen LogP contribution >= 0.6 is 0 Å². The zero-order chi connectivity index (χ0) is 18.5. The maximum atomic E-state index is 12.3. The van der Waals surface area contributed by atoms with Crippen molar-refractivity contribution in [2.45, 2.75) is 13.0 Å². The highest BCUT2D eigenvalue weighted by atomic mass is 16.5. The SMILES string of the molecule is COc1cc(NC(=O)CCn2ccc3cc(OC)ccc32)cc(OC)c1. The van der Waals surface area contributed by atoms with Crippen LogP contribution in [0, 0.1) is 0 Å². The van der Waals surface area contributed by atoms with E-state index in [9.17, 15) is 4.79 Å². The summed E-state index contributed by atoms with van der Waals surface area (Å²) in [6, 6.07) is 13.2. The Balaban J connectivity index is 1.66. The van der Waals surface area contributed by atoms with Crippen LogP contribution < -0.4 is 19.5 Å². The largest absolute Gasteiger partial charge is 0.497 e. The van der Waals surface area contributed by atoms with Crippen LogP contribution in [-0.2, 0) is 11.3 Å². The van der Waals surface area contributed by atoms with Gasteiger partial charge in [0.1, 0.15) is 17.2 Å². The predicted molar refractivity (Wildman–Crippen MR) is 101 cm³/mol. The van der Waals surface area contributed by atoms with E-state index in [0.717, 1.165) is 16.7 Å². The lowest BCUT2D eigenvalue weighted by atomic mass is 10.2. The topological polar surface area (TPSA) is 61.7 Å². The lowest BCUT2D eigenvalue weighted by molar-refractivity contribution is -0.116. The van der Waals surface area contributed by atoms with Gasteiger partial charge in [-0.05, 0) is 24.3 Å². The molecular weight excluding hydrogens is 332 g/mol. The Labute approximate surface area is 152 Å². The number of carbonyl (C=O) groups is 1. The van der Waals surface area contributed by atoms with Gasteiger partial charge < -0.3 is 24.1 Å². The van der Waals surface area contributed by atoms with Crippen LogP contribution in [0.25, 0.3) is 10.9 Å². The van der Waals surface area contributed by atoms with E-state index in [4.69, 9.17) is 14.2 Å². The molecule has 3 rings (SSSR count). The minimum Gasteiger partial charge on any atom is -0.497 e. The second kappa shape index (κ2) is 7.82. The van der Waals surface area contributed by atoms with Gasteiger partial charge in [-0.2, -0.15) is 0 Å². The van der Waals surface area contributed by atoms with Gasteiger partial charge in [-0.1, -0.05) is 0 Å². The van der Waals surface area contributed by atoms with Gasteiger partial charge in [0.15, 0.2) is 0 Å². The van der Waals surface area contributed by atoms with E-state index in [2.05, 4.69) is 9.88 Å². The van der Waals surface area contributed by atoms with E-state index in [1.165, 1.54) is 0 Å². The van der Waals surface area contributed by atoms with Gasteiger partial charge in [0.2, 0.25) is 5.91 Å². The van der Waals surface area contributed by atoms with Crippen LogP contribution in [0.4, 0.5) is 5.69 Å². The highest BCUT2D eigenvalue weighted by Gasteiger charge is 2.08. The molecule has 0 saturated carbocycles. The van der Waals surface area contributed by atoms with Crippen molar-refractivity contribution in [3.8, 4) is 17.2 Å². The number of fused-ring (bicyclic) bond motifs is 1. The Hall–Kier alpha value is -3.15. The van der Waals surface area contributed by atoms with Crippen molar-refractivity contribution >= 4 is 22.5 Å². The zero-order valence-corrected chi connectivity index (χ0v) is 15.1. The first kappa shape index (κ1) is 17.7. The predicted octanol–water partition coefficient (Wildman–Crippen LogP) is 3.70. The average molecular weight is 354 g/mol. The normalized spacial score (nSPS) is 10.6. The Kier molecular flexibility index (Phi) is 5.31. The lowest BCUT2D eigenvalue weighted by Gasteiger charge is -2.10. The van der Waals surface area contributed by atoms with E-state index in [0.29, 0.717) is 30.2 Å². The van der Waals surface area contributed by atoms with E-state index in [1.54, 1.807) is 39.5 Å². The number of hydrogen-bond donors (Lipinski definition) is 1. The molecule has 1 N–H and O–H groups in total. The molecule has 0 aliphatic heterocycles. The maximum Gasteiger partial charge on any atom is 0.226 e. The second-order valence-corrected chi connectivity index (χ2v) is 5.83. The van der Waals surface area contributed by atoms with E-state index >= 15 is 0 Å². The minimum atomic E-state index is -0.0735. The Morgan fingerprint density at radius 1 is 0.923 bits per heavy atom. The Morgan fingerprint density at radius 2 is 1.62 bits per heavy atom. The lowest BCUT2D eigenvalue weighted by Crippen LogP contribution is -2.14. The highest BCUT2D eigenvalue weighted by molar-refractivity contribution is 5.91. The number of hydrogen-bond acceptors (Lipinski definition) is 4. The van der Waals surface area contributed by atoms with Gasteiger partial charge in [0.25, 0.3) is 0 Å². The number of anilines is 1. The number of nitrogens with zero attached hydrogens (tertiary/aromatic N) is 1. The number of aryl methyl sites for hydroxylation is 1. The van der Waals surface area contributed by atoms with E-state index < -0.39 is 0 Å². The summed E-state index contributed by atoms with van der Waals surface area (Å²) >= 11 is 0. The molecule has 1 heterocycles. The van der Waals surface area contributed by atoms with Crippen molar-refractivity contribution in [3.63, 3.8) is 0 Å². The quantitative estimate of drug-likeness (QED) is 0.703. The Morgan fingerprint density at radius 3 is 2.27 bits per heavy atom. The third-order valence-corrected chi connectivity index (χ3v) is 4.19. The van der Waals surface area contributed by atoms with Crippen LogP contribution in [-0.4, -0.2) is 31.8 Å². The molecule has 3 aromatic rings. The molecule has 0 bridgehead atoms. The first-order chi connectivity index (χ1) is 12.6. The summed E-state index contributed by atoms with van der Waals surface area (Å²) in [5, 5.41) is 3.97. The number of ether oxygens (including phenoxy) is 3. The average Bonchev–Trinajstić information content (AvgIpc) is 3.08. The molecule has 0 saturated heterocycles. The molecule has 0 radical (unpaired) electrons. The van der Waals surface area contributed by atoms with Gasteiger partial charge in [0, 0.05) is 54.0 Å². The first-order valence-corrected chi connectivity index (χ1v) is 8.28. The molecule has 2 aromatic carbocycles. The fourth-order valence-corrected chi connectivity index (χ4v) is 2.83. The molecule has 1 amide bonds. The number of benzene rings is 2. The number of methoxy groups -OCH3 is 3. The number of rotatable bonds is 7. The molecule has 136 valence electrons. The molecule has 0 aliphatic carbocycles. The van der Waals surface area contributed by atoms with Gasteiger partial charge in [-0.15, -0.1) is 0 Å². The van der Waals surface area contributed by atoms with Crippen molar-refractivity contribution in [1.82, 2.24) is 4.57 Å². The van der Waals surface area contributed by atoms with Crippen LogP contribution in [0.15, 0.2) is 48.7 Å². The maximum absolute atomic E-state index is 12.3. The molecule has 0 fully saturated rings. The van der Waals surface area contributed by atoms with Crippen LogP contribution in [0.3, 0.4) is 0 Å². The molecule has 0 spiro atoms. The molecular formula is C20H22N2O4. The van der Waals surface area contributed by atoms with Crippen molar-refractivity contribution in [3.05, 3.63) is 48.7 Å². The van der Waals surface area contributed by atoms with Gasteiger partial charge >= 0.3 is 0 Å². The highest BCUT2D eigenvalue weighted by Crippen LogP contribution is 2.26. The second-order valence-electron chi connectivity index (χ2n) is 5.83. The molecule has 0 atom stereocenters. The molecule has 6 nitrogen and oxygen atoms in total. The fraction of sp³-hybridized carbons (Fsp3) is 0.250. The van der Waals surface area contributed by atoms with Gasteiger partial charge in [-0.25, -0.2) is 0 Å². The standard InChI is InChI=1S/C20H22N2O4/c1-24-16-4-5-19-14(10-16)6-8-22(19)9-7-20(23)21-15-11-17(25-2)13-18(12-15)26-3/h4-6,8,10-13H,7,9H2,1-3H3,(H,21,23). The zero-order valence-electron chi connectivity index (χ0n) is 15.1. The fourth-order valence-electron chi connectivity index (χ4n) is 2.83. The molecule has 0 aliphatic rings. The summed E-state index contributed by atoms with van der Waals surface area (Å²) in [5.74, 6) is 2.01. The van der Waals surface area contributed by atoms with Gasteiger partial charge in [-0.3, -0.25) is 4.79 Å². The molecule has 1 aromatic heterocycles. The van der Waals surface area contributed by atoms with Crippen LogP contribution in [0.5, 0.6) is 17.2 Å². The third kappa shape index (κ3) is 3.91. The molecule has 0 unspecified atom stereocenters. The van der Waals surface area contributed by atoms with Crippen LogP contribution in [0.2, 0.25) is 0 Å². The van der Waals surface area contributed by atoms with E-state index in [-0.39, 0.29) is 5.91 Å². The summed E-state index contributed by atoms with van der Waals surface area (Å²) in [5.41, 5.74) is 1.72. The molecule has 6 heteroatoms.